The molecule has 2 fully saturated rings. The second-order valence-electron chi connectivity index (χ2n) is 5.85. The SMILES string of the molecule is N#Cc1ccc(CC(=O)N2CC3CCC(O)C3C2)cc1. The molecule has 0 bridgehead atoms. The summed E-state index contributed by atoms with van der Waals surface area (Å²) in [6.07, 6.45) is 2.06. The molecule has 1 aliphatic carbocycles. The number of hydrogen-bond donors (Lipinski definition) is 1. The number of rotatable bonds is 2. The number of amides is 1. The number of aliphatic hydroxyl groups is 1. The van der Waals surface area contributed by atoms with Crippen molar-refractivity contribution in [2.75, 3.05) is 13.1 Å². The molecule has 1 saturated carbocycles. The van der Waals surface area contributed by atoms with Crippen LogP contribution >= 0.6 is 0 Å². The van der Waals surface area contributed by atoms with Gasteiger partial charge in [0, 0.05) is 19.0 Å². The maximum Gasteiger partial charge on any atom is 0.227 e. The lowest BCUT2D eigenvalue weighted by atomic mass is 10.00. The van der Waals surface area contributed by atoms with Crippen LogP contribution in [0.4, 0.5) is 0 Å². The average Bonchev–Trinajstić information content (AvgIpc) is 3.02. The van der Waals surface area contributed by atoms with Crippen LogP contribution in [0, 0.1) is 23.2 Å². The Labute approximate surface area is 118 Å². The largest absolute Gasteiger partial charge is 0.393 e. The number of hydrogen-bond acceptors (Lipinski definition) is 3. The Morgan fingerprint density at radius 1 is 1.30 bits per heavy atom. The van der Waals surface area contributed by atoms with E-state index < -0.39 is 0 Å². The van der Waals surface area contributed by atoms with Crippen LogP contribution < -0.4 is 0 Å². The molecule has 1 amide bonds. The van der Waals surface area contributed by atoms with Crippen molar-refractivity contribution in [1.29, 1.82) is 5.26 Å². The Kier molecular flexibility index (Phi) is 3.45. The third-order valence-electron chi connectivity index (χ3n) is 4.61. The Hall–Kier alpha value is -1.86. The summed E-state index contributed by atoms with van der Waals surface area (Å²) in [4.78, 5) is 14.2. The van der Waals surface area contributed by atoms with Crippen LogP contribution in [0.25, 0.3) is 0 Å². The third kappa shape index (κ3) is 2.41. The van der Waals surface area contributed by atoms with Crippen molar-refractivity contribution < 1.29 is 9.90 Å². The predicted octanol–water partition coefficient (Wildman–Crippen LogP) is 1.33. The van der Waals surface area contributed by atoms with Crippen molar-refractivity contribution in [2.24, 2.45) is 11.8 Å². The fourth-order valence-electron chi connectivity index (χ4n) is 3.42. The molecule has 20 heavy (non-hydrogen) atoms. The number of nitriles is 1. The van der Waals surface area contributed by atoms with Gasteiger partial charge < -0.3 is 10.0 Å². The summed E-state index contributed by atoms with van der Waals surface area (Å²) in [5.74, 6) is 0.881. The van der Waals surface area contributed by atoms with Crippen molar-refractivity contribution >= 4 is 5.91 Å². The molecule has 1 aliphatic heterocycles. The first-order chi connectivity index (χ1) is 9.67. The van der Waals surface area contributed by atoms with E-state index in [1.54, 1.807) is 12.1 Å². The molecule has 3 unspecified atom stereocenters. The molecule has 4 nitrogen and oxygen atoms in total. The number of aliphatic hydroxyl groups excluding tert-OH is 1. The van der Waals surface area contributed by atoms with Crippen LogP contribution in [-0.4, -0.2) is 35.1 Å². The minimum atomic E-state index is -0.229. The number of likely N-dealkylation sites (tertiary alicyclic amines) is 1. The molecular formula is C16H18N2O2. The van der Waals surface area contributed by atoms with Crippen molar-refractivity contribution in [3.63, 3.8) is 0 Å². The van der Waals surface area contributed by atoms with Crippen LogP contribution in [-0.2, 0) is 11.2 Å². The summed E-state index contributed by atoms with van der Waals surface area (Å²) in [5, 5.41) is 18.6. The van der Waals surface area contributed by atoms with Gasteiger partial charge in [-0.15, -0.1) is 0 Å². The van der Waals surface area contributed by atoms with Crippen LogP contribution in [0.5, 0.6) is 0 Å². The minimum Gasteiger partial charge on any atom is -0.393 e. The van der Waals surface area contributed by atoms with E-state index in [4.69, 9.17) is 5.26 Å². The van der Waals surface area contributed by atoms with Crippen molar-refractivity contribution in [1.82, 2.24) is 4.90 Å². The Balaban J connectivity index is 1.61. The van der Waals surface area contributed by atoms with Gasteiger partial charge in [-0.2, -0.15) is 5.26 Å². The average molecular weight is 270 g/mol. The highest BCUT2D eigenvalue weighted by atomic mass is 16.3. The number of nitrogens with zero attached hydrogens (tertiary/aromatic N) is 2. The predicted molar refractivity (Wildman–Crippen MR) is 73.7 cm³/mol. The molecule has 3 rings (SSSR count). The maximum absolute atomic E-state index is 12.3. The van der Waals surface area contributed by atoms with Crippen LogP contribution in [0.2, 0.25) is 0 Å². The van der Waals surface area contributed by atoms with E-state index in [-0.39, 0.29) is 17.9 Å². The topological polar surface area (TPSA) is 64.3 Å². The fourth-order valence-corrected chi connectivity index (χ4v) is 3.42. The van der Waals surface area contributed by atoms with Gasteiger partial charge in [0.15, 0.2) is 0 Å². The highest BCUT2D eigenvalue weighted by Gasteiger charge is 2.43. The highest BCUT2D eigenvalue weighted by Crippen LogP contribution is 2.38. The van der Waals surface area contributed by atoms with Gasteiger partial charge in [0.2, 0.25) is 5.91 Å². The van der Waals surface area contributed by atoms with Gasteiger partial charge in [0.25, 0.3) is 0 Å². The first-order valence-corrected chi connectivity index (χ1v) is 7.12. The van der Waals surface area contributed by atoms with Crippen LogP contribution in [0.15, 0.2) is 24.3 Å². The van der Waals surface area contributed by atoms with E-state index in [9.17, 15) is 9.90 Å². The number of carbonyl (C=O) groups excluding carboxylic acids is 1. The van der Waals surface area contributed by atoms with Crippen molar-refractivity contribution in [3.8, 4) is 6.07 Å². The van der Waals surface area contributed by atoms with Gasteiger partial charge in [-0.05, 0) is 36.5 Å². The summed E-state index contributed by atoms with van der Waals surface area (Å²) in [6.45, 7) is 1.48. The van der Waals surface area contributed by atoms with E-state index in [0.29, 0.717) is 24.4 Å². The number of benzene rings is 1. The van der Waals surface area contributed by atoms with E-state index in [1.165, 1.54) is 0 Å². The standard InChI is InChI=1S/C16H18N2O2/c17-8-12-3-1-11(2-4-12)7-16(20)18-9-13-5-6-15(19)14(13)10-18/h1-4,13-15,19H,5-7,9-10H2. The number of fused-ring (bicyclic) bond motifs is 1. The molecule has 1 aromatic carbocycles. The molecule has 2 aliphatic rings. The van der Waals surface area contributed by atoms with Gasteiger partial charge in [-0.1, -0.05) is 12.1 Å². The second-order valence-corrected chi connectivity index (χ2v) is 5.85. The summed E-state index contributed by atoms with van der Waals surface area (Å²) in [5.41, 5.74) is 1.55. The van der Waals surface area contributed by atoms with Gasteiger partial charge in [0.05, 0.1) is 24.2 Å². The maximum atomic E-state index is 12.3. The summed E-state index contributed by atoms with van der Waals surface area (Å²) < 4.78 is 0. The first-order valence-electron chi connectivity index (χ1n) is 7.12. The highest BCUT2D eigenvalue weighted by molar-refractivity contribution is 5.79. The monoisotopic (exact) mass is 270 g/mol. The molecular weight excluding hydrogens is 252 g/mol. The van der Waals surface area contributed by atoms with E-state index in [0.717, 1.165) is 24.9 Å². The van der Waals surface area contributed by atoms with E-state index >= 15 is 0 Å². The molecule has 104 valence electrons. The Morgan fingerprint density at radius 3 is 2.70 bits per heavy atom. The van der Waals surface area contributed by atoms with Crippen molar-refractivity contribution in [2.45, 2.75) is 25.4 Å². The summed E-state index contributed by atoms with van der Waals surface area (Å²) in [6, 6.07) is 9.22. The minimum absolute atomic E-state index is 0.122. The van der Waals surface area contributed by atoms with Gasteiger partial charge in [0.1, 0.15) is 0 Å². The summed E-state index contributed by atoms with van der Waals surface area (Å²) in [7, 11) is 0. The zero-order valence-corrected chi connectivity index (χ0v) is 11.3. The second kappa shape index (κ2) is 5.26. The lowest BCUT2D eigenvalue weighted by Crippen LogP contribution is -2.32. The normalized spacial score (nSPS) is 28.2. The summed E-state index contributed by atoms with van der Waals surface area (Å²) >= 11 is 0. The van der Waals surface area contributed by atoms with Gasteiger partial charge in [-0.3, -0.25) is 4.79 Å². The molecule has 1 aromatic rings. The van der Waals surface area contributed by atoms with Crippen LogP contribution in [0.1, 0.15) is 24.0 Å². The van der Waals surface area contributed by atoms with Gasteiger partial charge in [-0.25, -0.2) is 0 Å². The van der Waals surface area contributed by atoms with E-state index in [2.05, 4.69) is 6.07 Å². The Bertz CT molecular complexity index is 547. The zero-order chi connectivity index (χ0) is 14.1. The third-order valence-corrected chi connectivity index (χ3v) is 4.61. The smallest absolute Gasteiger partial charge is 0.227 e. The molecule has 0 spiro atoms. The first kappa shape index (κ1) is 13.1. The van der Waals surface area contributed by atoms with Crippen molar-refractivity contribution in [3.05, 3.63) is 35.4 Å². The molecule has 1 N–H and O–H groups in total. The number of carbonyl (C=O) groups is 1. The lowest BCUT2D eigenvalue weighted by Gasteiger charge is -2.18. The molecule has 4 heteroatoms. The molecule has 0 aromatic heterocycles. The molecule has 1 heterocycles. The molecule has 0 radical (unpaired) electrons. The van der Waals surface area contributed by atoms with Crippen LogP contribution in [0.3, 0.4) is 0 Å². The Morgan fingerprint density at radius 2 is 2.05 bits per heavy atom. The fraction of sp³-hybridized carbons (Fsp3) is 0.500. The zero-order valence-electron chi connectivity index (χ0n) is 11.3. The lowest BCUT2D eigenvalue weighted by molar-refractivity contribution is -0.129. The molecule has 3 atom stereocenters. The van der Waals surface area contributed by atoms with E-state index in [1.807, 2.05) is 17.0 Å². The van der Waals surface area contributed by atoms with Gasteiger partial charge >= 0.3 is 0 Å². The quantitative estimate of drug-likeness (QED) is 0.881. The molecule has 1 saturated heterocycles.